The number of allylic oxidation sites excluding steroid dienone is 2. The average Bonchev–Trinajstić information content (AvgIpc) is 2.60. The van der Waals surface area contributed by atoms with Gasteiger partial charge in [-0.25, -0.2) is 0 Å². The lowest BCUT2D eigenvalue weighted by Crippen LogP contribution is -1.83. The number of aliphatic hydroxyl groups excluding tert-OH is 2. The number of alkyl halides is 1. The summed E-state index contributed by atoms with van der Waals surface area (Å²) in [4.78, 5) is 0. The van der Waals surface area contributed by atoms with E-state index in [-0.39, 0.29) is 6.61 Å². The SMILES string of the molecule is CCCCCCCC/C=C\CCCCCCCCO.OCCCCl. The first-order chi connectivity index (χ1) is 11.8. The van der Waals surface area contributed by atoms with Crippen molar-refractivity contribution in [2.45, 2.75) is 103 Å². The summed E-state index contributed by atoms with van der Waals surface area (Å²) in [5, 5.41) is 16.6. The molecule has 2 N–H and O–H groups in total. The minimum atomic E-state index is 0.212. The summed E-state index contributed by atoms with van der Waals surface area (Å²) in [6, 6.07) is 0. The van der Waals surface area contributed by atoms with Gasteiger partial charge < -0.3 is 10.2 Å². The van der Waals surface area contributed by atoms with Gasteiger partial charge in [-0.15, -0.1) is 11.6 Å². The predicted octanol–water partition coefficient (Wildman–Crippen LogP) is 6.62. The Bertz CT molecular complexity index is 218. The molecule has 0 bridgehead atoms. The van der Waals surface area contributed by atoms with Crippen LogP contribution in [0, 0.1) is 0 Å². The molecule has 0 aromatic carbocycles. The molecular weight excluding hydrogens is 320 g/mol. The maximum atomic E-state index is 8.66. The van der Waals surface area contributed by atoms with Crippen molar-refractivity contribution in [2.75, 3.05) is 19.1 Å². The molecule has 0 rings (SSSR count). The number of unbranched alkanes of at least 4 members (excludes halogenated alkanes) is 12. The van der Waals surface area contributed by atoms with Crippen molar-refractivity contribution in [1.82, 2.24) is 0 Å². The molecule has 0 aromatic rings. The van der Waals surface area contributed by atoms with Crippen LogP contribution in [0.3, 0.4) is 0 Å². The van der Waals surface area contributed by atoms with E-state index in [0.717, 1.165) is 6.42 Å². The van der Waals surface area contributed by atoms with E-state index < -0.39 is 0 Å². The van der Waals surface area contributed by atoms with E-state index in [4.69, 9.17) is 21.8 Å². The summed E-state index contributed by atoms with van der Waals surface area (Å²) in [6.45, 7) is 2.85. The molecule has 146 valence electrons. The van der Waals surface area contributed by atoms with Crippen molar-refractivity contribution in [3.8, 4) is 0 Å². The Hall–Kier alpha value is -0.0500. The molecule has 0 radical (unpaired) electrons. The molecule has 0 spiro atoms. The molecule has 0 aromatic heterocycles. The number of aliphatic hydroxyl groups is 2. The molecule has 0 heterocycles. The summed E-state index contributed by atoms with van der Waals surface area (Å²) in [6.07, 6.45) is 23.9. The molecule has 0 amide bonds. The molecule has 0 aliphatic heterocycles. The molecule has 0 atom stereocenters. The van der Waals surface area contributed by atoms with Crippen LogP contribution >= 0.6 is 11.6 Å². The molecule has 0 fully saturated rings. The van der Waals surface area contributed by atoms with Gasteiger partial charge in [0.15, 0.2) is 0 Å². The largest absolute Gasteiger partial charge is 0.396 e. The van der Waals surface area contributed by atoms with Crippen LogP contribution < -0.4 is 0 Å². The van der Waals surface area contributed by atoms with Crippen molar-refractivity contribution in [2.24, 2.45) is 0 Å². The minimum absolute atomic E-state index is 0.212. The van der Waals surface area contributed by atoms with E-state index in [1.165, 1.54) is 83.5 Å². The predicted molar refractivity (Wildman–Crippen MR) is 109 cm³/mol. The summed E-state index contributed by atoms with van der Waals surface area (Å²) in [7, 11) is 0. The fraction of sp³-hybridized carbons (Fsp3) is 0.905. The zero-order valence-electron chi connectivity index (χ0n) is 16.2. The highest BCUT2D eigenvalue weighted by Crippen LogP contribution is 2.09. The van der Waals surface area contributed by atoms with Crippen LogP contribution in [-0.2, 0) is 0 Å². The third-order valence-corrected chi connectivity index (χ3v) is 4.23. The molecule has 24 heavy (non-hydrogen) atoms. The Balaban J connectivity index is 0. The highest BCUT2D eigenvalue weighted by Gasteiger charge is 1.90. The second kappa shape index (κ2) is 27.8. The fourth-order valence-corrected chi connectivity index (χ4v) is 2.54. The molecule has 3 heteroatoms. The third-order valence-electron chi connectivity index (χ3n) is 3.96. The van der Waals surface area contributed by atoms with Crippen LogP contribution in [0.1, 0.15) is 103 Å². The second-order valence-corrected chi connectivity index (χ2v) is 6.81. The van der Waals surface area contributed by atoms with E-state index in [0.29, 0.717) is 18.9 Å². The zero-order valence-corrected chi connectivity index (χ0v) is 16.9. The Morgan fingerprint density at radius 2 is 1.00 bits per heavy atom. The lowest BCUT2D eigenvalue weighted by molar-refractivity contribution is 0.282. The van der Waals surface area contributed by atoms with Gasteiger partial charge in [-0.2, -0.15) is 0 Å². The Morgan fingerprint density at radius 3 is 1.38 bits per heavy atom. The van der Waals surface area contributed by atoms with E-state index in [1.807, 2.05) is 0 Å². The summed E-state index contributed by atoms with van der Waals surface area (Å²) >= 11 is 5.14. The zero-order chi connectivity index (χ0) is 18.1. The van der Waals surface area contributed by atoms with Gasteiger partial charge in [0.1, 0.15) is 0 Å². The lowest BCUT2D eigenvalue weighted by Gasteiger charge is -1.99. The van der Waals surface area contributed by atoms with Crippen molar-refractivity contribution in [1.29, 1.82) is 0 Å². The van der Waals surface area contributed by atoms with Gasteiger partial charge in [-0.1, -0.05) is 76.9 Å². The van der Waals surface area contributed by atoms with Gasteiger partial charge in [-0.3, -0.25) is 0 Å². The Labute approximate surface area is 156 Å². The van der Waals surface area contributed by atoms with Crippen LogP contribution in [0.2, 0.25) is 0 Å². The van der Waals surface area contributed by atoms with E-state index in [9.17, 15) is 0 Å². The Morgan fingerprint density at radius 1 is 0.583 bits per heavy atom. The summed E-state index contributed by atoms with van der Waals surface area (Å²) < 4.78 is 0. The normalized spacial score (nSPS) is 10.8. The van der Waals surface area contributed by atoms with Gasteiger partial charge in [0.2, 0.25) is 0 Å². The number of hydrogen-bond donors (Lipinski definition) is 2. The third kappa shape index (κ3) is 29.9. The van der Waals surface area contributed by atoms with Crippen molar-refractivity contribution < 1.29 is 10.2 Å². The van der Waals surface area contributed by atoms with E-state index in [2.05, 4.69) is 19.1 Å². The van der Waals surface area contributed by atoms with Gasteiger partial charge in [0.25, 0.3) is 0 Å². The quantitative estimate of drug-likeness (QED) is 0.173. The smallest absolute Gasteiger partial charge is 0.0442 e. The maximum Gasteiger partial charge on any atom is 0.0442 e. The first-order valence-corrected chi connectivity index (χ1v) is 10.8. The van der Waals surface area contributed by atoms with Crippen molar-refractivity contribution >= 4 is 11.6 Å². The first kappa shape index (κ1) is 26.2. The molecule has 0 saturated carbocycles. The Kier molecular flexibility index (Phi) is 30.3. The lowest BCUT2D eigenvalue weighted by atomic mass is 10.1. The van der Waals surface area contributed by atoms with Crippen molar-refractivity contribution in [3.05, 3.63) is 12.2 Å². The van der Waals surface area contributed by atoms with Gasteiger partial charge >= 0.3 is 0 Å². The van der Waals surface area contributed by atoms with Gasteiger partial charge in [0.05, 0.1) is 0 Å². The minimum Gasteiger partial charge on any atom is -0.396 e. The fourth-order valence-electron chi connectivity index (χ4n) is 2.42. The molecule has 2 nitrogen and oxygen atoms in total. The van der Waals surface area contributed by atoms with E-state index >= 15 is 0 Å². The number of halogens is 1. The van der Waals surface area contributed by atoms with Gasteiger partial charge in [0, 0.05) is 19.1 Å². The molecule has 0 aliphatic carbocycles. The second-order valence-electron chi connectivity index (χ2n) is 6.43. The highest BCUT2D eigenvalue weighted by molar-refractivity contribution is 6.17. The van der Waals surface area contributed by atoms with Crippen LogP contribution in [-0.4, -0.2) is 29.3 Å². The topological polar surface area (TPSA) is 40.5 Å². The highest BCUT2D eigenvalue weighted by atomic mass is 35.5. The van der Waals surface area contributed by atoms with Crippen LogP contribution in [0.5, 0.6) is 0 Å². The summed E-state index contributed by atoms with van der Waals surface area (Å²) in [5.74, 6) is 0.566. The number of hydrogen-bond acceptors (Lipinski definition) is 2. The van der Waals surface area contributed by atoms with E-state index in [1.54, 1.807) is 0 Å². The maximum absolute atomic E-state index is 8.66. The van der Waals surface area contributed by atoms with Crippen LogP contribution in [0.4, 0.5) is 0 Å². The van der Waals surface area contributed by atoms with Crippen molar-refractivity contribution in [3.63, 3.8) is 0 Å². The molecule has 0 saturated heterocycles. The molecular formula is C21H43ClO2. The monoisotopic (exact) mass is 362 g/mol. The molecule has 0 unspecified atom stereocenters. The molecule has 0 aliphatic rings. The van der Waals surface area contributed by atoms with Crippen LogP contribution in [0.15, 0.2) is 12.2 Å². The average molecular weight is 363 g/mol. The standard InChI is InChI=1S/C18H36O.C3H7ClO/c1-2-3-4-5-6-7-8-9-10-11-12-13-14-15-16-17-18-19;4-2-1-3-5/h9-10,19H,2-8,11-18H2,1H3;5H,1-3H2/b10-9-;. The van der Waals surface area contributed by atoms with Crippen LogP contribution in [0.25, 0.3) is 0 Å². The number of rotatable bonds is 17. The van der Waals surface area contributed by atoms with Gasteiger partial charge in [-0.05, 0) is 38.5 Å². The first-order valence-electron chi connectivity index (χ1n) is 10.3. The summed E-state index contributed by atoms with van der Waals surface area (Å²) in [5.41, 5.74) is 0.